The minimum absolute atomic E-state index is 0.0631. The summed E-state index contributed by atoms with van der Waals surface area (Å²) in [6.07, 6.45) is 2.42. The van der Waals surface area contributed by atoms with Crippen molar-refractivity contribution >= 4 is 23.3 Å². The van der Waals surface area contributed by atoms with E-state index in [2.05, 4.69) is 26.6 Å². The number of carbonyl (C=O) groups excluding carboxylic acids is 2. The smallest absolute Gasteiger partial charge is 0.252 e. The second-order valence-corrected chi connectivity index (χ2v) is 6.45. The number of ether oxygens (including phenoxy) is 1. The summed E-state index contributed by atoms with van der Waals surface area (Å²) in [6, 6.07) is 9.62. The zero-order valence-electron chi connectivity index (χ0n) is 15.6. The lowest BCUT2D eigenvalue weighted by molar-refractivity contribution is -0.114. The van der Waals surface area contributed by atoms with Gasteiger partial charge in [0, 0.05) is 45.6 Å². The van der Waals surface area contributed by atoms with Crippen molar-refractivity contribution in [1.82, 2.24) is 10.3 Å². The standard InChI is InChI=1S/C20H24N4O3/c1-14(25)23-18-5-3-4-16-13-24(10-8-17(16)18)19-7-6-15(12-22-19)20(26)21-9-11-27-2/h3-7,12H,8-11,13H2,1-2H3,(H,21,26)(H,23,25). The quantitative estimate of drug-likeness (QED) is 0.762. The first-order valence-electron chi connectivity index (χ1n) is 8.95. The van der Waals surface area contributed by atoms with E-state index >= 15 is 0 Å². The fraction of sp³-hybridized carbons (Fsp3) is 0.350. The summed E-state index contributed by atoms with van der Waals surface area (Å²) >= 11 is 0. The molecule has 0 fully saturated rings. The highest BCUT2D eigenvalue weighted by atomic mass is 16.5. The maximum atomic E-state index is 12.0. The number of fused-ring (bicyclic) bond motifs is 1. The minimum atomic E-state index is -0.157. The number of anilines is 2. The molecule has 0 saturated heterocycles. The van der Waals surface area contributed by atoms with Gasteiger partial charge < -0.3 is 20.3 Å². The molecule has 7 heteroatoms. The Labute approximate surface area is 158 Å². The van der Waals surface area contributed by atoms with Crippen LogP contribution in [-0.4, -0.2) is 43.6 Å². The molecular weight excluding hydrogens is 344 g/mol. The third-order valence-corrected chi connectivity index (χ3v) is 4.50. The molecule has 0 atom stereocenters. The zero-order valence-corrected chi connectivity index (χ0v) is 15.6. The molecule has 2 amide bonds. The van der Waals surface area contributed by atoms with Gasteiger partial charge in [-0.2, -0.15) is 0 Å². The van der Waals surface area contributed by atoms with Crippen LogP contribution in [0.1, 0.15) is 28.4 Å². The molecule has 1 aliphatic rings. The van der Waals surface area contributed by atoms with Crippen LogP contribution in [0.4, 0.5) is 11.5 Å². The maximum absolute atomic E-state index is 12.0. The lowest BCUT2D eigenvalue weighted by Crippen LogP contribution is -2.32. The number of nitrogens with one attached hydrogen (secondary N) is 2. The van der Waals surface area contributed by atoms with Gasteiger partial charge in [0.15, 0.2) is 0 Å². The molecule has 0 spiro atoms. The van der Waals surface area contributed by atoms with Crippen LogP contribution in [0.15, 0.2) is 36.5 Å². The van der Waals surface area contributed by atoms with Gasteiger partial charge in [0.2, 0.25) is 5.91 Å². The first-order chi connectivity index (χ1) is 13.1. The SMILES string of the molecule is COCCNC(=O)c1ccc(N2CCc3c(cccc3NC(C)=O)C2)nc1. The molecule has 3 rings (SSSR count). The minimum Gasteiger partial charge on any atom is -0.383 e. The van der Waals surface area contributed by atoms with E-state index in [4.69, 9.17) is 4.74 Å². The van der Waals surface area contributed by atoms with Gasteiger partial charge >= 0.3 is 0 Å². The molecule has 1 aromatic carbocycles. The lowest BCUT2D eigenvalue weighted by Gasteiger charge is -2.31. The number of nitrogens with zero attached hydrogens (tertiary/aromatic N) is 2. The highest BCUT2D eigenvalue weighted by Gasteiger charge is 2.20. The Hall–Kier alpha value is -2.93. The van der Waals surface area contributed by atoms with Gasteiger partial charge in [0.05, 0.1) is 12.2 Å². The largest absolute Gasteiger partial charge is 0.383 e. The van der Waals surface area contributed by atoms with Crippen molar-refractivity contribution in [3.63, 3.8) is 0 Å². The van der Waals surface area contributed by atoms with E-state index in [1.54, 1.807) is 19.4 Å². The molecule has 0 radical (unpaired) electrons. The molecule has 142 valence electrons. The summed E-state index contributed by atoms with van der Waals surface area (Å²) in [5.41, 5.74) is 3.77. The van der Waals surface area contributed by atoms with E-state index in [1.165, 1.54) is 18.1 Å². The van der Waals surface area contributed by atoms with Gasteiger partial charge in [-0.05, 0) is 35.7 Å². The molecule has 1 aromatic heterocycles. The highest BCUT2D eigenvalue weighted by molar-refractivity contribution is 5.94. The summed E-state index contributed by atoms with van der Waals surface area (Å²) in [6.45, 7) is 3.98. The van der Waals surface area contributed by atoms with Crippen molar-refractivity contribution in [3.8, 4) is 0 Å². The van der Waals surface area contributed by atoms with E-state index in [-0.39, 0.29) is 11.8 Å². The fourth-order valence-electron chi connectivity index (χ4n) is 3.19. The topological polar surface area (TPSA) is 83.6 Å². The summed E-state index contributed by atoms with van der Waals surface area (Å²) in [4.78, 5) is 30.1. The van der Waals surface area contributed by atoms with Crippen LogP contribution in [0, 0.1) is 0 Å². The maximum Gasteiger partial charge on any atom is 0.252 e. The van der Waals surface area contributed by atoms with Gasteiger partial charge in [0.25, 0.3) is 5.91 Å². The Morgan fingerprint density at radius 2 is 2.11 bits per heavy atom. The number of hydrogen-bond acceptors (Lipinski definition) is 5. The average Bonchev–Trinajstić information content (AvgIpc) is 2.67. The van der Waals surface area contributed by atoms with E-state index in [0.29, 0.717) is 18.7 Å². The molecule has 0 aliphatic carbocycles. The number of hydrogen-bond donors (Lipinski definition) is 2. The van der Waals surface area contributed by atoms with E-state index in [1.807, 2.05) is 18.2 Å². The molecule has 7 nitrogen and oxygen atoms in total. The molecule has 0 saturated carbocycles. The van der Waals surface area contributed by atoms with Crippen molar-refractivity contribution in [2.24, 2.45) is 0 Å². The van der Waals surface area contributed by atoms with Gasteiger partial charge in [-0.3, -0.25) is 9.59 Å². The van der Waals surface area contributed by atoms with Crippen molar-refractivity contribution in [2.75, 3.05) is 37.0 Å². The lowest BCUT2D eigenvalue weighted by atomic mass is 9.97. The molecule has 2 aromatic rings. The number of amides is 2. The van der Waals surface area contributed by atoms with Crippen LogP contribution in [0.3, 0.4) is 0 Å². The highest BCUT2D eigenvalue weighted by Crippen LogP contribution is 2.28. The van der Waals surface area contributed by atoms with Crippen molar-refractivity contribution in [1.29, 1.82) is 0 Å². The van der Waals surface area contributed by atoms with Crippen LogP contribution < -0.4 is 15.5 Å². The van der Waals surface area contributed by atoms with Crippen molar-refractivity contribution < 1.29 is 14.3 Å². The summed E-state index contributed by atoms with van der Waals surface area (Å²) in [5.74, 6) is 0.612. The van der Waals surface area contributed by atoms with Crippen LogP contribution in [0.2, 0.25) is 0 Å². The van der Waals surface area contributed by atoms with Crippen LogP contribution in [0.5, 0.6) is 0 Å². The zero-order chi connectivity index (χ0) is 19.2. The molecular formula is C20H24N4O3. The molecule has 27 heavy (non-hydrogen) atoms. The monoisotopic (exact) mass is 368 g/mol. The second kappa shape index (κ2) is 8.64. The Bertz CT molecular complexity index is 820. The van der Waals surface area contributed by atoms with E-state index < -0.39 is 0 Å². The summed E-state index contributed by atoms with van der Waals surface area (Å²) < 4.78 is 4.92. The third kappa shape index (κ3) is 4.62. The molecule has 0 bridgehead atoms. The molecule has 1 aliphatic heterocycles. The number of aromatic nitrogens is 1. The summed E-state index contributed by atoms with van der Waals surface area (Å²) in [7, 11) is 1.60. The Morgan fingerprint density at radius 1 is 1.26 bits per heavy atom. The average molecular weight is 368 g/mol. The van der Waals surface area contributed by atoms with E-state index in [0.717, 1.165) is 31.0 Å². The van der Waals surface area contributed by atoms with Crippen LogP contribution in [0.25, 0.3) is 0 Å². The predicted octanol–water partition coefficient (Wildman–Crippen LogP) is 1.98. The van der Waals surface area contributed by atoms with Gasteiger partial charge in [0.1, 0.15) is 5.82 Å². The third-order valence-electron chi connectivity index (χ3n) is 4.50. The van der Waals surface area contributed by atoms with Gasteiger partial charge in [-0.1, -0.05) is 12.1 Å². The summed E-state index contributed by atoms with van der Waals surface area (Å²) in [5, 5.41) is 5.68. The first-order valence-corrected chi connectivity index (χ1v) is 8.95. The number of rotatable bonds is 6. The first kappa shape index (κ1) is 18.8. The Balaban J connectivity index is 1.68. The molecule has 2 heterocycles. The van der Waals surface area contributed by atoms with E-state index in [9.17, 15) is 9.59 Å². The molecule has 2 N–H and O–H groups in total. The van der Waals surface area contributed by atoms with Crippen LogP contribution >= 0.6 is 0 Å². The normalized spacial score (nSPS) is 13.0. The van der Waals surface area contributed by atoms with Gasteiger partial charge in [-0.25, -0.2) is 4.98 Å². The Morgan fingerprint density at radius 3 is 2.81 bits per heavy atom. The number of benzene rings is 1. The fourth-order valence-corrected chi connectivity index (χ4v) is 3.19. The van der Waals surface area contributed by atoms with Crippen molar-refractivity contribution in [3.05, 3.63) is 53.2 Å². The number of pyridine rings is 1. The van der Waals surface area contributed by atoms with Crippen LogP contribution in [-0.2, 0) is 22.5 Å². The number of methoxy groups -OCH3 is 1. The Kier molecular flexibility index (Phi) is 6.03. The van der Waals surface area contributed by atoms with Crippen molar-refractivity contribution in [2.45, 2.75) is 19.9 Å². The molecule has 0 unspecified atom stereocenters. The second-order valence-electron chi connectivity index (χ2n) is 6.45. The predicted molar refractivity (Wildman–Crippen MR) is 104 cm³/mol. The number of carbonyl (C=O) groups is 2. The van der Waals surface area contributed by atoms with Gasteiger partial charge in [-0.15, -0.1) is 0 Å².